The maximum atomic E-state index is 11.4. The Morgan fingerprint density at radius 2 is 2.00 bits per heavy atom. The SMILES string of the molecule is C.C=C(CC)c1cccc2c1C(=O)OC2=O. The van der Waals surface area contributed by atoms with Crippen LogP contribution in [-0.2, 0) is 4.74 Å². The summed E-state index contributed by atoms with van der Waals surface area (Å²) in [5, 5.41) is 0. The fourth-order valence-corrected chi connectivity index (χ4v) is 1.62. The molecule has 1 aromatic rings. The van der Waals surface area contributed by atoms with Gasteiger partial charge in [-0.2, -0.15) is 0 Å². The van der Waals surface area contributed by atoms with Crippen LogP contribution in [0.1, 0.15) is 47.1 Å². The molecule has 84 valence electrons. The number of benzene rings is 1. The highest BCUT2D eigenvalue weighted by Crippen LogP contribution is 2.28. The van der Waals surface area contributed by atoms with Crippen molar-refractivity contribution in [2.24, 2.45) is 0 Å². The number of rotatable bonds is 2. The number of hydrogen-bond acceptors (Lipinski definition) is 3. The molecule has 0 amide bonds. The van der Waals surface area contributed by atoms with E-state index >= 15 is 0 Å². The Kier molecular flexibility index (Phi) is 3.28. The molecular weight excluding hydrogens is 204 g/mol. The zero-order valence-corrected chi connectivity index (χ0v) is 8.37. The molecule has 1 aliphatic heterocycles. The van der Waals surface area contributed by atoms with Crippen LogP contribution < -0.4 is 0 Å². The summed E-state index contributed by atoms with van der Waals surface area (Å²) < 4.78 is 4.55. The van der Waals surface area contributed by atoms with Crippen LogP contribution in [0.4, 0.5) is 0 Å². The van der Waals surface area contributed by atoms with Crippen molar-refractivity contribution in [2.75, 3.05) is 0 Å². The normalized spacial score (nSPS) is 12.8. The number of fused-ring (bicyclic) bond motifs is 1. The Balaban J connectivity index is 0.00000128. The van der Waals surface area contributed by atoms with Gasteiger partial charge in [-0.1, -0.05) is 33.1 Å². The van der Waals surface area contributed by atoms with Gasteiger partial charge >= 0.3 is 11.9 Å². The highest BCUT2D eigenvalue weighted by molar-refractivity contribution is 6.16. The minimum atomic E-state index is -0.569. The van der Waals surface area contributed by atoms with Gasteiger partial charge < -0.3 is 4.74 Å². The van der Waals surface area contributed by atoms with Gasteiger partial charge in [-0.25, -0.2) is 9.59 Å². The maximum Gasteiger partial charge on any atom is 0.347 e. The second-order valence-corrected chi connectivity index (χ2v) is 3.36. The van der Waals surface area contributed by atoms with E-state index in [1.165, 1.54) is 0 Å². The van der Waals surface area contributed by atoms with Crippen LogP contribution in [0.5, 0.6) is 0 Å². The van der Waals surface area contributed by atoms with Crippen molar-refractivity contribution < 1.29 is 14.3 Å². The number of allylic oxidation sites excluding steroid dienone is 1. The molecule has 0 spiro atoms. The first-order chi connectivity index (χ1) is 7.15. The largest absolute Gasteiger partial charge is 0.386 e. The fraction of sp³-hybridized carbons (Fsp3) is 0.231. The number of cyclic esters (lactones) is 2. The van der Waals surface area contributed by atoms with Crippen LogP contribution >= 0.6 is 0 Å². The van der Waals surface area contributed by atoms with Gasteiger partial charge in [0.1, 0.15) is 0 Å². The van der Waals surface area contributed by atoms with Crippen molar-refractivity contribution in [2.45, 2.75) is 20.8 Å². The minimum absolute atomic E-state index is 0. The van der Waals surface area contributed by atoms with E-state index < -0.39 is 11.9 Å². The van der Waals surface area contributed by atoms with E-state index in [0.29, 0.717) is 16.7 Å². The van der Waals surface area contributed by atoms with E-state index in [9.17, 15) is 9.59 Å². The van der Waals surface area contributed by atoms with E-state index in [1.807, 2.05) is 6.92 Å². The van der Waals surface area contributed by atoms with Gasteiger partial charge in [0.2, 0.25) is 0 Å². The lowest BCUT2D eigenvalue weighted by atomic mass is 9.96. The van der Waals surface area contributed by atoms with Gasteiger partial charge in [-0.3, -0.25) is 0 Å². The summed E-state index contributed by atoms with van der Waals surface area (Å²) in [6.45, 7) is 5.81. The molecule has 0 atom stereocenters. The highest BCUT2D eigenvalue weighted by atomic mass is 16.6. The second kappa shape index (κ2) is 4.31. The molecule has 0 saturated carbocycles. The van der Waals surface area contributed by atoms with Crippen LogP contribution in [-0.4, -0.2) is 11.9 Å². The van der Waals surface area contributed by atoms with Crippen molar-refractivity contribution in [1.82, 2.24) is 0 Å². The van der Waals surface area contributed by atoms with Crippen molar-refractivity contribution in [3.63, 3.8) is 0 Å². The Hall–Kier alpha value is -1.90. The molecule has 1 aromatic carbocycles. The van der Waals surface area contributed by atoms with Gasteiger partial charge in [-0.05, 0) is 23.6 Å². The first kappa shape index (κ1) is 12.2. The molecule has 0 unspecified atom stereocenters. The zero-order chi connectivity index (χ0) is 11.0. The van der Waals surface area contributed by atoms with E-state index in [2.05, 4.69) is 11.3 Å². The molecule has 0 bridgehead atoms. The van der Waals surface area contributed by atoms with Crippen LogP contribution in [0.3, 0.4) is 0 Å². The molecule has 1 heterocycles. The fourth-order valence-electron chi connectivity index (χ4n) is 1.62. The first-order valence-corrected chi connectivity index (χ1v) is 4.72. The number of hydrogen-bond donors (Lipinski definition) is 0. The zero-order valence-electron chi connectivity index (χ0n) is 8.37. The molecule has 0 saturated heterocycles. The predicted octanol–water partition coefficient (Wildman–Crippen LogP) is 3.06. The van der Waals surface area contributed by atoms with Gasteiger partial charge in [0, 0.05) is 0 Å². The van der Waals surface area contributed by atoms with Crippen molar-refractivity contribution in [3.8, 4) is 0 Å². The molecule has 2 rings (SSSR count). The van der Waals surface area contributed by atoms with Crippen LogP contribution in [0.25, 0.3) is 5.57 Å². The predicted molar refractivity (Wildman–Crippen MR) is 62.2 cm³/mol. The van der Waals surface area contributed by atoms with E-state index in [0.717, 1.165) is 12.0 Å². The average molecular weight is 218 g/mol. The Morgan fingerprint density at radius 3 is 2.62 bits per heavy atom. The molecule has 3 heteroatoms. The molecule has 0 aliphatic carbocycles. The van der Waals surface area contributed by atoms with Crippen molar-refractivity contribution >= 4 is 17.5 Å². The van der Waals surface area contributed by atoms with Crippen LogP contribution in [0.2, 0.25) is 0 Å². The standard InChI is InChI=1S/C12H10O3.CH4/c1-3-7(2)8-5-4-6-9-10(8)12(14)15-11(9)13;/h4-6H,2-3H2,1H3;1H4. The van der Waals surface area contributed by atoms with E-state index in [4.69, 9.17) is 0 Å². The molecule has 0 radical (unpaired) electrons. The summed E-state index contributed by atoms with van der Waals surface area (Å²) in [4.78, 5) is 22.7. The molecule has 3 nitrogen and oxygen atoms in total. The summed E-state index contributed by atoms with van der Waals surface area (Å²) in [7, 11) is 0. The van der Waals surface area contributed by atoms with Gasteiger partial charge in [0.15, 0.2) is 0 Å². The Labute approximate surface area is 94.7 Å². The van der Waals surface area contributed by atoms with Gasteiger partial charge in [0.25, 0.3) is 0 Å². The highest BCUT2D eigenvalue weighted by Gasteiger charge is 2.32. The van der Waals surface area contributed by atoms with E-state index in [1.54, 1.807) is 18.2 Å². The first-order valence-electron chi connectivity index (χ1n) is 4.72. The third-order valence-electron chi connectivity index (χ3n) is 2.48. The number of carbonyl (C=O) groups excluding carboxylic acids is 2. The molecule has 0 fully saturated rings. The quantitative estimate of drug-likeness (QED) is 0.566. The van der Waals surface area contributed by atoms with Crippen molar-refractivity contribution in [1.29, 1.82) is 0 Å². The topological polar surface area (TPSA) is 43.4 Å². The monoisotopic (exact) mass is 218 g/mol. The molecular formula is C13H14O3. The summed E-state index contributed by atoms with van der Waals surface area (Å²) >= 11 is 0. The molecule has 16 heavy (non-hydrogen) atoms. The number of carbonyl (C=O) groups is 2. The number of esters is 2. The summed E-state index contributed by atoms with van der Waals surface area (Å²) in [6, 6.07) is 5.11. The van der Waals surface area contributed by atoms with Gasteiger partial charge in [-0.15, -0.1) is 0 Å². The maximum absolute atomic E-state index is 11.4. The lowest BCUT2D eigenvalue weighted by Crippen LogP contribution is -1.99. The summed E-state index contributed by atoms with van der Waals surface area (Å²) in [5.41, 5.74) is 2.24. The lowest BCUT2D eigenvalue weighted by Gasteiger charge is -2.05. The molecule has 0 N–H and O–H groups in total. The Morgan fingerprint density at radius 1 is 1.31 bits per heavy atom. The molecule has 1 aliphatic rings. The second-order valence-electron chi connectivity index (χ2n) is 3.36. The van der Waals surface area contributed by atoms with Crippen LogP contribution in [0, 0.1) is 0 Å². The summed E-state index contributed by atoms with van der Waals surface area (Å²) in [6.07, 6.45) is 0.734. The van der Waals surface area contributed by atoms with Crippen molar-refractivity contribution in [3.05, 3.63) is 41.5 Å². The molecule has 0 aromatic heterocycles. The average Bonchev–Trinajstić information content (AvgIpc) is 2.54. The van der Waals surface area contributed by atoms with E-state index in [-0.39, 0.29) is 7.43 Å². The Bertz CT molecular complexity index is 472. The third-order valence-corrected chi connectivity index (χ3v) is 2.48. The smallest absolute Gasteiger partial charge is 0.347 e. The summed E-state index contributed by atoms with van der Waals surface area (Å²) in [5.74, 6) is -1.14. The third kappa shape index (κ3) is 1.65. The van der Waals surface area contributed by atoms with Gasteiger partial charge in [0.05, 0.1) is 11.1 Å². The lowest BCUT2D eigenvalue weighted by molar-refractivity contribution is 0.0443. The van der Waals surface area contributed by atoms with Crippen LogP contribution in [0.15, 0.2) is 24.8 Å². The number of ether oxygens (including phenoxy) is 1. The minimum Gasteiger partial charge on any atom is -0.386 e.